The molecule has 0 radical (unpaired) electrons. The second-order valence-corrected chi connectivity index (χ2v) is 5.01. The molecule has 0 saturated heterocycles. The zero-order valence-corrected chi connectivity index (χ0v) is 11.5. The molecule has 0 amide bonds. The van der Waals surface area contributed by atoms with Gasteiger partial charge >= 0.3 is 0 Å². The topological polar surface area (TPSA) is 12.0 Å². The van der Waals surface area contributed by atoms with E-state index in [1.807, 2.05) is 24.3 Å². The van der Waals surface area contributed by atoms with E-state index < -0.39 is 0 Å². The third kappa shape index (κ3) is 3.34. The van der Waals surface area contributed by atoms with Crippen molar-refractivity contribution in [3.63, 3.8) is 0 Å². The van der Waals surface area contributed by atoms with Gasteiger partial charge in [-0.1, -0.05) is 54.1 Å². The van der Waals surface area contributed by atoms with Crippen molar-refractivity contribution in [2.45, 2.75) is 25.9 Å². The van der Waals surface area contributed by atoms with Gasteiger partial charge in [0.15, 0.2) is 0 Å². The fourth-order valence-corrected chi connectivity index (χ4v) is 2.28. The summed E-state index contributed by atoms with van der Waals surface area (Å²) in [5.74, 6) is 0. The highest BCUT2D eigenvalue weighted by molar-refractivity contribution is 6.30. The van der Waals surface area contributed by atoms with Crippen molar-refractivity contribution in [2.75, 3.05) is 0 Å². The van der Waals surface area contributed by atoms with E-state index in [1.54, 1.807) is 0 Å². The van der Waals surface area contributed by atoms with Crippen LogP contribution in [0.5, 0.6) is 0 Å². The largest absolute Gasteiger partial charge is 0.304 e. The molecule has 18 heavy (non-hydrogen) atoms. The number of hydrogen-bond acceptors (Lipinski definition) is 1. The van der Waals surface area contributed by atoms with Crippen molar-refractivity contribution in [2.24, 2.45) is 0 Å². The van der Waals surface area contributed by atoms with E-state index in [0.29, 0.717) is 6.04 Å². The fourth-order valence-electron chi connectivity index (χ4n) is 2.09. The summed E-state index contributed by atoms with van der Waals surface area (Å²) < 4.78 is 0. The van der Waals surface area contributed by atoms with E-state index in [1.165, 1.54) is 11.1 Å². The summed E-state index contributed by atoms with van der Waals surface area (Å²) in [6.45, 7) is 4.33. The number of hydrogen-bond donors (Lipinski definition) is 1. The van der Waals surface area contributed by atoms with Gasteiger partial charge in [-0.2, -0.15) is 0 Å². The summed E-state index contributed by atoms with van der Waals surface area (Å²) >= 11 is 6.01. The molecule has 0 aromatic heterocycles. The molecule has 2 aromatic carbocycles. The smallest absolute Gasteiger partial charge is 0.0409 e. The Morgan fingerprint density at radius 2 is 1.44 bits per heavy atom. The Kier molecular flexibility index (Phi) is 4.40. The molecule has 0 bridgehead atoms. The average Bonchev–Trinajstić information content (AvgIpc) is 2.39. The first kappa shape index (κ1) is 13.1. The highest BCUT2D eigenvalue weighted by Crippen LogP contribution is 2.21. The van der Waals surface area contributed by atoms with Gasteiger partial charge < -0.3 is 5.32 Å². The SMILES string of the molecule is CC(N[C@H](C)c1ccccc1)c1cccc(Cl)c1. The van der Waals surface area contributed by atoms with Crippen molar-refractivity contribution in [1.29, 1.82) is 0 Å². The molecule has 0 heterocycles. The maximum absolute atomic E-state index is 6.01. The Hall–Kier alpha value is -1.31. The minimum absolute atomic E-state index is 0.277. The Labute approximate surface area is 114 Å². The summed E-state index contributed by atoms with van der Waals surface area (Å²) in [6.07, 6.45) is 0. The first-order valence-electron chi connectivity index (χ1n) is 6.23. The van der Waals surface area contributed by atoms with Gasteiger partial charge in [-0.05, 0) is 37.1 Å². The first-order valence-corrected chi connectivity index (χ1v) is 6.61. The average molecular weight is 260 g/mol. The predicted octanol–water partition coefficient (Wildman–Crippen LogP) is 4.75. The van der Waals surface area contributed by atoms with Crippen LogP contribution in [-0.2, 0) is 0 Å². The lowest BCUT2D eigenvalue weighted by atomic mass is 10.0. The van der Waals surface area contributed by atoms with Crippen molar-refractivity contribution in [1.82, 2.24) is 5.32 Å². The Morgan fingerprint density at radius 1 is 0.833 bits per heavy atom. The minimum atomic E-state index is 0.277. The van der Waals surface area contributed by atoms with Gasteiger partial charge in [0.2, 0.25) is 0 Å². The van der Waals surface area contributed by atoms with Crippen LogP contribution in [0.4, 0.5) is 0 Å². The molecule has 0 aliphatic heterocycles. The summed E-state index contributed by atoms with van der Waals surface area (Å²) in [5.41, 5.74) is 2.51. The Balaban J connectivity index is 2.05. The monoisotopic (exact) mass is 259 g/mol. The molecule has 0 saturated carbocycles. The number of benzene rings is 2. The molecule has 0 fully saturated rings. The molecule has 94 valence electrons. The van der Waals surface area contributed by atoms with Crippen LogP contribution in [0, 0.1) is 0 Å². The molecular formula is C16H18ClN. The van der Waals surface area contributed by atoms with Crippen molar-refractivity contribution >= 4 is 11.6 Å². The van der Waals surface area contributed by atoms with E-state index in [4.69, 9.17) is 11.6 Å². The number of rotatable bonds is 4. The van der Waals surface area contributed by atoms with Crippen LogP contribution >= 0.6 is 11.6 Å². The van der Waals surface area contributed by atoms with Crippen LogP contribution in [0.25, 0.3) is 0 Å². The number of halogens is 1. The van der Waals surface area contributed by atoms with Crippen LogP contribution < -0.4 is 5.32 Å². The quantitative estimate of drug-likeness (QED) is 0.835. The number of nitrogens with one attached hydrogen (secondary N) is 1. The van der Waals surface area contributed by atoms with Crippen LogP contribution in [0.15, 0.2) is 54.6 Å². The van der Waals surface area contributed by atoms with Gasteiger partial charge in [-0.15, -0.1) is 0 Å². The van der Waals surface area contributed by atoms with E-state index in [2.05, 4.69) is 49.5 Å². The molecule has 2 aromatic rings. The third-order valence-electron chi connectivity index (χ3n) is 3.15. The van der Waals surface area contributed by atoms with Gasteiger partial charge in [0.25, 0.3) is 0 Å². The lowest BCUT2D eigenvalue weighted by Gasteiger charge is -2.21. The summed E-state index contributed by atoms with van der Waals surface area (Å²) in [5, 5.41) is 4.37. The normalized spacial score (nSPS) is 14.2. The predicted molar refractivity (Wildman–Crippen MR) is 77.9 cm³/mol. The van der Waals surface area contributed by atoms with Gasteiger partial charge in [0.1, 0.15) is 0 Å². The van der Waals surface area contributed by atoms with Gasteiger partial charge in [0, 0.05) is 17.1 Å². The lowest BCUT2D eigenvalue weighted by Crippen LogP contribution is -2.22. The van der Waals surface area contributed by atoms with E-state index >= 15 is 0 Å². The molecule has 2 rings (SSSR count). The van der Waals surface area contributed by atoms with Crippen LogP contribution in [0.1, 0.15) is 37.1 Å². The zero-order chi connectivity index (χ0) is 13.0. The lowest BCUT2D eigenvalue weighted by molar-refractivity contribution is 0.495. The summed E-state index contributed by atoms with van der Waals surface area (Å²) in [6, 6.07) is 19.1. The second-order valence-electron chi connectivity index (χ2n) is 4.58. The highest BCUT2D eigenvalue weighted by Gasteiger charge is 2.10. The molecule has 1 unspecified atom stereocenters. The van der Waals surface area contributed by atoms with Crippen LogP contribution in [0.3, 0.4) is 0 Å². The standard InChI is InChI=1S/C16H18ClN/c1-12(14-7-4-3-5-8-14)18-13(2)15-9-6-10-16(17)11-15/h3-13,18H,1-2H3/t12-,13?/m1/s1. The van der Waals surface area contributed by atoms with Gasteiger partial charge in [0.05, 0.1) is 0 Å². The third-order valence-corrected chi connectivity index (χ3v) is 3.38. The van der Waals surface area contributed by atoms with Gasteiger partial charge in [-0.3, -0.25) is 0 Å². The zero-order valence-electron chi connectivity index (χ0n) is 10.7. The maximum Gasteiger partial charge on any atom is 0.0409 e. The highest BCUT2D eigenvalue weighted by atomic mass is 35.5. The molecule has 2 heteroatoms. The van der Waals surface area contributed by atoms with Crippen LogP contribution in [-0.4, -0.2) is 0 Å². The van der Waals surface area contributed by atoms with Crippen LogP contribution in [0.2, 0.25) is 5.02 Å². The molecular weight excluding hydrogens is 242 g/mol. The first-order chi connectivity index (χ1) is 8.66. The van der Waals surface area contributed by atoms with Crippen molar-refractivity contribution in [3.05, 3.63) is 70.7 Å². The Bertz CT molecular complexity index is 495. The molecule has 1 nitrogen and oxygen atoms in total. The Morgan fingerprint density at radius 3 is 2.11 bits per heavy atom. The van der Waals surface area contributed by atoms with Crippen molar-refractivity contribution < 1.29 is 0 Å². The van der Waals surface area contributed by atoms with E-state index in [9.17, 15) is 0 Å². The molecule has 2 atom stereocenters. The molecule has 0 aliphatic rings. The molecule has 0 aliphatic carbocycles. The maximum atomic E-state index is 6.01. The second kappa shape index (κ2) is 6.03. The molecule has 0 spiro atoms. The van der Waals surface area contributed by atoms with E-state index in [0.717, 1.165) is 5.02 Å². The fraction of sp³-hybridized carbons (Fsp3) is 0.250. The summed E-state index contributed by atoms with van der Waals surface area (Å²) in [7, 11) is 0. The van der Waals surface area contributed by atoms with E-state index in [-0.39, 0.29) is 6.04 Å². The minimum Gasteiger partial charge on any atom is -0.304 e. The van der Waals surface area contributed by atoms with Gasteiger partial charge in [-0.25, -0.2) is 0 Å². The molecule has 1 N–H and O–H groups in total. The summed E-state index contributed by atoms with van der Waals surface area (Å²) in [4.78, 5) is 0. The van der Waals surface area contributed by atoms with Crippen molar-refractivity contribution in [3.8, 4) is 0 Å².